The molecule has 0 saturated carbocycles. The molecule has 7 heteroatoms. The zero-order chi connectivity index (χ0) is 14.9. The second-order valence-electron chi connectivity index (χ2n) is 4.85. The van der Waals surface area contributed by atoms with Gasteiger partial charge in [-0.05, 0) is 17.6 Å². The second kappa shape index (κ2) is 5.86. The highest BCUT2D eigenvalue weighted by atomic mass is 127. The Hall–Kier alpha value is -1.51. The standard InChI is InChI=1S/C13H17IN4O2/c1-6(2)7-3-9(19)8(14)4-10(7)20-11-5-17-13(16)18-12(11)15/h3,5-6,8,19H,4H2,1-2H3,(H4,15,16,17,18). The monoisotopic (exact) mass is 388 g/mol. The van der Waals surface area contributed by atoms with E-state index in [-0.39, 0.29) is 21.6 Å². The highest BCUT2D eigenvalue weighted by Crippen LogP contribution is 2.34. The highest BCUT2D eigenvalue weighted by Gasteiger charge is 2.24. The van der Waals surface area contributed by atoms with Crippen LogP contribution in [0.5, 0.6) is 5.75 Å². The predicted octanol–water partition coefficient (Wildman–Crippen LogP) is 2.58. The third-order valence-electron chi connectivity index (χ3n) is 2.97. The first-order chi connectivity index (χ1) is 9.38. The lowest BCUT2D eigenvalue weighted by molar-refractivity contribution is 0.350. The summed E-state index contributed by atoms with van der Waals surface area (Å²) in [5, 5.41) is 9.87. The maximum absolute atomic E-state index is 9.87. The Balaban J connectivity index is 2.36. The van der Waals surface area contributed by atoms with Crippen molar-refractivity contribution in [3.8, 4) is 5.75 Å². The van der Waals surface area contributed by atoms with Crippen LogP contribution in [0, 0.1) is 5.92 Å². The number of hydrogen-bond acceptors (Lipinski definition) is 6. The van der Waals surface area contributed by atoms with Crippen molar-refractivity contribution in [1.29, 1.82) is 0 Å². The number of hydrogen-bond donors (Lipinski definition) is 3. The van der Waals surface area contributed by atoms with Crippen LogP contribution in [0.1, 0.15) is 20.3 Å². The molecule has 0 spiro atoms. The molecular formula is C13H17IN4O2. The number of nitrogens with two attached hydrogens (primary N) is 2. The maximum atomic E-state index is 9.87. The molecule has 2 rings (SSSR count). The average Bonchev–Trinajstić information content (AvgIpc) is 2.36. The number of aliphatic hydroxyl groups is 1. The predicted molar refractivity (Wildman–Crippen MR) is 86.5 cm³/mol. The summed E-state index contributed by atoms with van der Waals surface area (Å²) in [6.07, 6.45) is 3.82. The number of aliphatic hydroxyl groups excluding tert-OH is 1. The van der Waals surface area contributed by atoms with Crippen molar-refractivity contribution in [3.63, 3.8) is 0 Å². The largest absolute Gasteiger partial charge is 0.511 e. The van der Waals surface area contributed by atoms with Gasteiger partial charge in [0.2, 0.25) is 5.95 Å². The molecule has 1 unspecified atom stereocenters. The van der Waals surface area contributed by atoms with Crippen molar-refractivity contribution in [2.24, 2.45) is 5.92 Å². The number of allylic oxidation sites excluding steroid dienone is 4. The van der Waals surface area contributed by atoms with Crippen molar-refractivity contribution in [3.05, 3.63) is 29.4 Å². The van der Waals surface area contributed by atoms with Crippen LogP contribution in [0.4, 0.5) is 11.8 Å². The highest BCUT2D eigenvalue weighted by molar-refractivity contribution is 14.1. The van der Waals surface area contributed by atoms with Crippen molar-refractivity contribution in [2.75, 3.05) is 11.5 Å². The Morgan fingerprint density at radius 1 is 1.45 bits per heavy atom. The van der Waals surface area contributed by atoms with Gasteiger partial charge in [-0.1, -0.05) is 36.4 Å². The summed E-state index contributed by atoms with van der Waals surface area (Å²) in [4.78, 5) is 7.75. The van der Waals surface area contributed by atoms with E-state index in [0.29, 0.717) is 17.9 Å². The van der Waals surface area contributed by atoms with E-state index < -0.39 is 0 Å². The van der Waals surface area contributed by atoms with E-state index in [1.165, 1.54) is 6.20 Å². The average molecular weight is 388 g/mol. The van der Waals surface area contributed by atoms with Crippen molar-refractivity contribution < 1.29 is 9.84 Å². The summed E-state index contributed by atoms with van der Waals surface area (Å²) >= 11 is 2.17. The van der Waals surface area contributed by atoms with E-state index in [1.54, 1.807) is 6.08 Å². The summed E-state index contributed by atoms with van der Waals surface area (Å²) in [6, 6.07) is 0. The van der Waals surface area contributed by atoms with Crippen LogP contribution in [0.2, 0.25) is 0 Å². The smallest absolute Gasteiger partial charge is 0.222 e. The molecule has 1 heterocycles. The summed E-state index contributed by atoms with van der Waals surface area (Å²) in [5.41, 5.74) is 12.2. The summed E-state index contributed by atoms with van der Waals surface area (Å²) in [6.45, 7) is 4.08. The Kier molecular flexibility index (Phi) is 4.36. The molecule has 5 N–H and O–H groups in total. The number of aromatic nitrogens is 2. The van der Waals surface area contributed by atoms with Crippen molar-refractivity contribution in [1.82, 2.24) is 9.97 Å². The number of alkyl halides is 1. The molecule has 6 nitrogen and oxygen atoms in total. The molecule has 20 heavy (non-hydrogen) atoms. The van der Waals surface area contributed by atoms with Gasteiger partial charge in [-0.15, -0.1) is 0 Å². The topological polar surface area (TPSA) is 107 Å². The fourth-order valence-corrected chi connectivity index (χ4v) is 2.49. The molecule has 0 fully saturated rings. The van der Waals surface area contributed by atoms with Crippen molar-refractivity contribution in [2.45, 2.75) is 24.2 Å². The minimum absolute atomic E-state index is 0.0129. The molecule has 0 radical (unpaired) electrons. The fourth-order valence-electron chi connectivity index (χ4n) is 1.91. The Morgan fingerprint density at radius 3 is 2.75 bits per heavy atom. The van der Waals surface area contributed by atoms with E-state index in [4.69, 9.17) is 16.2 Å². The van der Waals surface area contributed by atoms with Crippen LogP contribution in [0.3, 0.4) is 0 Å². The van der Waals surface area contributed by atoms with Gasteiger partial charge in [-0.3, -0.25) is 0 Å². The van der Waals surface area contributed by atoms with Gasteiger partial charge < -0.3 is 21.3 Å². The first-order valence-corrected chi connectivity index (χ1v) is 7.46. The van der Waals surface area contributed by atoms with Gasteiger partial charge in [-0.2, -0.15) is 4.98 Å². The van der Waals surface area contributed by atoms with Gasteiger partial charge >= 0.3 is 0 Å². The summed E-state index contributed by atoms with van der Waals surface area (Å²) in [5.74, 6) is 2.07. The lowest BCUT2D eigenvalue weighted by Crippen LogP contribution is -2.17. The molecule has 0 amide bonds. The van der Waals surface area contributed by atoms with E-state index in [9.17, 15) is 5.11 Å². The molecule has 1 aromatic rings. The summed E-state index contributed by atoms with van der Waals surface area (Å²) in [7, 11) is 0. The van der Waals surface area contributed by atoms with E-state index in [1.807, 2.05) is 13.8 Å². The van der Waals surface area contributed by atoms with Crippen LogP contribution in [0.25, 0.3) is 0 Å². The maximum Gasteiger partial charge on any atom is 0.222 e. The Bertz CT molecular complexity index is 584. The molecule has 1 aliphatic rings. The Labute approximate surface area is 131 Å². The van der Waals surface area contributed by atoms with Crippen LogP contribution in [-0.4, -0.2) is 19.0 Å². The molecule has 0 saturated heterocycles. The number of halogens is 1. The normalized spacial score (nSPS) is 19.2. The zero-order valence-corrected chi connectivity index (χ0v) is 13.5. The minimum Gasteiger partial charge on any atom is -0.511 e. The lowest BCUT2D eigenvalue weighted by Gasteiger charge is -2.23. The Morgan fingerprint density at radius 2 is 2.15 bits per heavy atom. The minimum atomic E-state index is -0.0129. The molecule has 1 atom stereocenters. The van der Waals surface area contributed by atoms with E-state index >= 15 is 0 Å². The number of ether oxygens (including phenoxy) is 1. The van der Waals surface area contributed by atoms with Crippen LogP contribution in [-0.2, 0) is 0 Å². The molecule has 1 aliphatic carbocycles. The van der Waals surface area contributed by atoms with Crippen molar-refractivity contribution >= 4 is 34.4 Å². The number of anilines is 2. The van der Waals surface area contributed by atoms with Crippen LogP contribution >= 0.6 is 22.6 Å². The number of nitrogen functional groups attached to an aromatic ring is 2. The van der Waals surface area contributed by atoms with Gasteiger partial charge in [0, 0.05) is 6.42 Å². The SMILES string of the molecule is CC(C)C1=C(Oc2cnc(N)nc2N)CC(I)C(O)=C1. The number of nitrogens with zero attached hydrogens (tertiary/aromatic N) is 2. The fraction of sp³-hybridized carbons (Fsp3) is 0.385. The second-order valence-corrected chi connectivity index (χ2v) is 6.36. The van der Waals surface area contributed by atoms with Gasteiger partial charge in [0.1, 0.15) is 11.5 Å². The molecular weight excluding hydrogens is 371 g/mol. The first-order valence-electron chi connectivity index (χ1n) is 6.22. The van der Waals surface area contributed by atoms with Gasteiger partial charge in [0.25, 0.3) is 0 Å². The van der Waals surface area contributed by atoms with Gasteiger partial charge in [0.15, 0.2) is 11.6 Å². The third-order valence-corrected chi connectivity index (χ3v) is 4.05. The number of rotatable bonds is 3. The zero-order valence-electron chi connectivity index (χ0n) is 11.3. The first kappa shape index (κ1) is 14.9. The van der Waals surface area contributed by atoms with E-state index in [2.05, 4.69) is 32.6 Å². The summed E-state index contributed by atoms with van der Waals surface area (Å²) < 4.78 is 5.83. The van der Waals surface area contributed by atoms with Gasteiger partial charge in [-0.25, -0.2) is 4.98 Å². The quantitative estimate of drug-likeness (QED) is 0.543. The third kappa shape index (κ3) is 3.14. The lowest BCUT2D eigenvalue weighted by atomic mass is 9.94. The van der Waals surface area contributed by atoms with Crippen LogP contribution in [0.15, 0.2) is 29.4 Å². The molecule has 0 bridgehead atoms. The molecule has 1 aromatic heterocycles. The molecule has 0 aliphatic heterocycles. The molecule has 0 aromatic carbocycles. The van der Waals surface area contributed by atoms with Crippen LogP contribution < -0.4 is 16.2 Å². The van der Waals surface area contributed by atoms with Gasteiger partial charge in [0.05, 0.1) is 10.1 Å². The van der Waals surface area contributed by atoms with E-state index in [0.717, 1.165) is 11.3 Å². The molecule has 108 valence electrons.